The van der Waals surface area contributed by atoms with Gasteiger partial charge >= 0.3 is 0 Å². The molecule has 0 aromatic heterocycles. The summed E-state index contributed by atoms with van der Waals surface area (Å²) in [4.78, 5) is 0. The van der Waals surface area contributed by atoms with Crippen LogP contribution < -0.4 is 5.32 Å². The molecule has 0 saturated carbocycles. The normalized spacial score (nSPS) is 9.93. The van der Waals surface area contributed by atoms with Crippen molar-refractivity contribution in [2.24, 2.45) is 5.92 Å². The van der Waals surface area contributed by atoms with Gasteiger partial charge in [0.2, 0.25) is 0 Å². The Kier molecular flexibility index (Phi) is 3.53. The number of aryl methyl sites for hydroxylation is 1. The molecule has 1 N–H and O–H groups in total. The summed E-state index contributed by atoms with van der Waals surface area (Å²) < 4.78 is 0. The van der Waals surface area contributed by atoms with E-state index in [4.69, 9.17) is 5.26 Å². The summed E-state index contributed by atoms with van der Waals surface area (Å²) in [6.45, 7) is 7.33. The molecular formula is C12H16N2. The first-order valence-electron chi connectivity index (χ1n) is 4.88. The van der Waals surface area contributed by atoms with E-state index in [0.717, 1.165) is 23.4 Å². The molecule has 0 saturated heterocycles. The van der Waals surface area contributed by atoms with Crippen LogP contribution in [0.15, 0.2) is 18.2 Å². The number of nitrogens with zero attached hydrogens (tertiary/aromatic N) is 1. The molecule has 0 radical (unpaired) electrons. The average molecular weight is 188 g/mol. The minimum Gasteiger partial charge on any atom is -0.385 e. The first-order valence-corrected chi connectivity index (χ1v) is 4.88. The van der Waals surface area contributed by atoms with Gasteiger partial charge in [0.1, 0.15) is 0 Å². The van der Waals surface area contributed by atoms with Crippen LogP contribution in [0.1, 0.15) is 25.0 Å². The molecule has 0 aliphatic carbocycles. The molecule has 2 nitrogen and oxygen atoms in total. The number of benzene rings is 1. The van der Waals surface area contributed by atoms with Crippen molar-refractivity contribution in [3.05, 3.63) is 29.3 Å². The van der Waals surface area contributed by atoms with E-state index in [0.29, 0.717) is 5.92 Å². The highest BCUT2D eigenvalue weighted by Gasteiger charge is 2.00. The van der Waals surface area contributed by atoms with Crippen LogP contribution in [0.5, 0.6) is 0 Å². The molecule has 2 heteroatoms. The monoisotopic (exact) mass is 188 g/mol. The van der Waals surface area contributed by atoms with Crippen LogP contribution in [-0.4, -0.2) is 6.54 Å². The fourth-order valence-electron chi connectivity index (χ4n) is 1.25. The van der Waals surface area contributed by atoms with Crippen molar-refractivity contribution in [3.63, 3.8) is 0 Å². The van der Waals surface area contributed by atoms with Gasteiger partial charge in [0, 0.05) is 12.2 Å². The SMILES string of the molecule is Cc1cc(C#N)ccc1NCC(C)C. The average Bonchev–Trinajstić information content (AvgIpc) is 2.15. The van der Waals surface area contributed by atoms with Crippen molar-refractivity contribution in [1.29, 1.82) is 5.26 Å². The number of hydrogen-bond donors (Lipinski definition) is 1. The lowest BCUT2D eigenvalue weighted by Crippen LogP contribution is -2.08. The van der Waals surface area contributed by atoms with E-state index in [1.54, 1.807) is 0 Å². The molecular weight excluding hydrogens is 172 g/mol. The minimum absolute atomic E-state index is 0.630. The second kappa shape index (κ2) is 4.66. The summed E-state index contributed by atoms with van der Waals surface area (Å²) in [5.74, 6) is 0.630. The molecule has 0 fully saturated rings. The van der Waals surface area contributed by atoms with E-state index in [1.165, 1.54) is 0 Å². The highest BCUT2D eigenvalue weighted by atomic mass is 14.9. The Bertz CT molecular complexity index is 348. The molecule has 0 aliphatic rings. The van der Waals surface area contributed by atoms with Gasteiger partial charge in [0.05, 0.1) is 11.6 Å². The Labute approximate surface area is 85.6 Å². The first kappa shape index (κ1) is 10.6. The summed E-state index contributed by atoms with van der Waals surface area (Å²) in [6.07, 6.45) is 0. The highest BCUT2D eigenvalue weighted by Crippen LogP contribution is 2.16. The second-order valence-corrected chi connectivity index (χ2v) is 3.92. The smallest absolute Gasteiger partial charge is 0.0991 e. The van der Waals surface area contributed by atoms with E-state index in [2.05, 4.69) is 25.2 Å². The molecule has 0 bridgehead atoms. The fourth-order valence-corrected chi connectivity index (χ4v) is 1.25. The molecule has 1 rings (SSSR count). The lowest BCUT2D eigenvalue weighted by atomic mass is 10.1. The largest absolute Gasteiger partial charge is 0.385 e. The second-order valence-electron chi connectivity index (χ2n) is 3.92. The van der Waals surface area contributed by atoms with Gasteiger partial charge in [-0.3, -0.25) is 0 Å². The van der Waals surface area contributed by atoms with E-state index in [-0.39, 0.29) is 0 Å². The predicted octanol–water partition coefficient (Wildman–Crippen LogP) is 2.93. The van der Waals surface area contributed by atoms with Crippen molar-refractivity contribution in [1.82, 2.24) is 0 Å². The van der Waals surface area contributed by atoms with Crippen molar-refractivity contribution in [2.75, 3.05) is 11.9 Å². The van der Waals surface area contributed by atoms with Crippen molar-refractivity contribution in [2.45, 2.75) is 20.8 Å². The van der Waals surface area contributed by atoms with E-state index in [1.807, 2.05) is 25.1 Å². The molecule has 74 valence electrons. The molecule has 0 heterocycles. The van der Waals surface area contributed by atoms with Gasteiger partial charge in [-0.1, -0.05) is 13.8 Å². The first-order chi connectivity index (χ1) is 6.63. The van der Waals surface area contributed by atoms with Crippen LogP contribution >= 0.6 is 0 Å². The molecule has 0 unspecified atom stereocenters. The maximum Gasteiger partial charge on any atom is 0.0991 e. The Morgan fingerprint density at radius 3 is 2.64 bits per heavy atom. The van der Waals surface area contributed by atoms with Gasteiger partial charge in [0.15, 0.2) is 0 Å². The molecule has 0 spiro atoms. The third-order valence-electron chi connectivity index (χ3n) is 2.06. The quantitative estimate of drug-likeness (QED) is 0.791. The van der Waals surface area contributed by atoms with Crippen LogP contribution in [-0.2, 0) is 0 Å². The van der Waals surface area contributed by atoms with Gasteiger partial charge in [-0.25, -0.2) is 0 Å². The molecule has 1 aromatic carbocycles. The van der Waals surface area contributed by atoms with Crippen molar-refractivity contribution >= 4 is 5.69 Å². The molecule has 0 atom stereocenters. The predicted molar refractivity (Wildman–Crippen MR) is 59.2 cm³/mol. The van der Waals surface area contributed by atoms with Crippen molar-refractivity contribution in [3.8, 4) is 6.07 Å². The zero-order valence-electron chi connectivity index (χ0n) is 8.96. The van der Waals surface area contributed by atoms with Crippen LogP contribution in [0.25, 0.3) is 0 Å². The summed E-state index contributed by atoms with van der Waals surface area (Å²) in [6, 6.07) is 7.85. The standard InChI is InChI=1S/C12H16N2/c1-9(2)8-14-12-5-4-11(7-13)6-10(12)3/h4-6,9,14H,8H2,1-3H3. The summed E-state index contributed by atoms with van der Waals surface area (Å²) in [5.41, 5.74) is 2.97. The maximum absolute atomic E-state index is 8.70. The Hall–Kier alpha value is -1.49. The molecule has 0 amide bonds. The lowest BCUT2D eigenvalue weighted by Gasteiger charge is -2.11. The zero-order chi connectivity index (χ0) is 10.6. The summed E-state index contributed by atoms with van der Waals surface area (Å²) in [7, 11) is 0. The Balaban J connectivity index is 2.75. The molecule has 14 heavy (non-hydrogen) atoms. The number of rotatable bonds is 3. The zero-order valence-corrected chi connectivity index (χ0v) is 8.96. The van der Waals surface area contributed by atoms with Gasteiger partial charge in [-0.15, -0.1) is 0 Å². The van der Waals surface area contributed by atoms with E-state index < -0.39 is 0 Å². The summed E-state index contributed by atoms with van der Waals surface area (Å²) >= 11 is 0. The van der Waals surface area contributed by atoms with Crippen LogP contribution in [0.2, 0.25) is 0 Å². The number of nitrogens with one attached hydrogen (secondary N) is 1. The maximum atomic E-state index is 8.70. The van der Waals surface area contributed by atoms with Gasteiger partial charge in [0.25, 0.3) is 0 Å². The number of hydrogen-bond acceptors (Lipinski definition) is 2. The molecule has 1 aromatic rings. The lowest BCUT2D eigenvalue weighted by molar-refractivity contribution is 0.688. The fraction of sp³-hybridized carbons (Fsp3) is 0.417. The Morgan fingerprint density at radius 2 is 2.14 bits per heavy atom. The highest BCUT2D eigenvalue weighted by molar-refractivity contribution is 5.53. The summed E-state index contributed by atoms with van der Waals surface area (Å²) in [5, 5.41) is 12.1. The topological polar surface area (TPSA) is 35.8 Å². The van der Waals surface area contributed by atoms with E-state index in [9.17, 15) is 0 Å². The van der Waals surface area contributed by atoms with Crippen LogP contribution in [0.4, 0.5) is 5.69 Å². The van der Waals surface area contributed by atoms with Gasteiger partial charge < -0.3 is 5.32 Å². The van der Waals surface area contributed by atoms with Crippen LogP contribution in [0, 0.1) is 24.2 Å². The minimum atomic E-state index is 0.630. The van der Waals surface area contributed by atoms with Gasteiger partial charge in [-0.2, -0.15) is 5.26 Å². The van der Waals surface area contributed by atoms with Gasteiger partial charge in [-0.05, 0) is 36.6 Å². The van der Waals surface area contributed by atoms with Crippen molar-refractivity contribution < 1.29 is 0 Å². The third kappa shape index (κ3) is 2.77. The number of anilines is 1. The Morgan fingerprint density at radius 1 is 1.43 bits per heavy atom. The van der Waals surface area contributed by atoms with E-state index >= 15 is 0 Å². The van der Waals surface area contributed by atoms with Crippen LogP contribution in [0.3, 0.4) is 0 Å². The third-order valence-corrected chi connectivity index (χ3v) is 2.06. The molecule has 0 aliphatic heterocycles. The number of nitriles is 1.